The normalized spacial score (nSPS) is 10.6. The summed E-state index contributed by atoms with van der Waals surface area (Å²) in [5.74, 6) is 0.957. The van der Waals surface area contributed by atoms with Gasteiger partial charge in [0, 0.05) is 23.6 Å². The van der Waals surface area contributed by atoms with Crippen LogP contribution in [0.25, 0.3) is 28.2 Å². The molecule has 3 aromatic carbocycles. The van der Waals surface area contributed by atoms with E-state index in [-0.39, 0.29) is 0 Å². The van der Waals surface area contributed by atoms with Gasteiger partial charge in [-0.2, -0.15) is 0 Å². The molecule has 4 rings (SSSR count). The van der Waals surface area contributed by atoms with Gasteiger partial charge in [0.05, 0.1) is 0 Å². The van der Waals surface area contributed by atoms with Gasteiger partial charge >= 0.3 is 0 Å². The summed E-state index contributed by atoms with van der Waals surface area (Å²) in [6.07, 6.45) is 3.84. The van der Waals surface area contributed by atoms with Gasteiger partial charge in [-0.3, -0.25) is 4.57 Å². The zero-order valence-corrected chi connectivity index (χ0v) is 12.6. The fraction of sp³-hybridized carbons (Fsp3) is 0. The Balaban J connectivity index is 1.72. The van der Waals surface area contributed by atoms with Crippen LogP contribution in [0.2, 0.25) is 0 Å². The van der Waals surface area contributed by atoms with Crippen molar-refractivity contribution in [3.05, 3.63) is 97.3 Å². The molecule has 1 heterocycles. The number of aromatic nitrogens is 2. The first kappa shape index (κ1) is 13.5. The zero-order valence-electron chi connectivity index (χ0n) is 12.6. The minimum absolute atomic E-state index is 0.957. The Morgan fingerprint density at radius 1 is 0.565 bits per heavy atom. The summed E-state index contributed by atoms with van der Waals surface area (Å²) in [4.78, 5) is 4.51. The Bertz CT molecular complexity index is 892. The van der Waals surface area contributed by atoms with Gasteiger partial charge in [0.25, 0.3) is 0 Å². The summed E-state index contributed by atoms with van der Waals surface area (Å²) >= 11 is 0. The number of hydrogen-bond acceptors (Lipinski definition) is 1. The molecule has 110 valence electrons. The predicted octanol–water partition coefficient (Wildman–Crippen LogP) is 5.21. The number of rotatable bonds is 3. The van der Waals surface area contributed by atoms with Crippen LogP contribution >= 0.6 is 0 Å². The molecule has 0 amide bonds. The van der Waals surface area contributed by atoms with Crippen molar-refractivity contribution in [3.8, 4) is 28.2 Å². The highest BCUT2D eigenvalue weighted by Gasteiger charge is 2.07. The molecule has 2 nitrogen and oxygen atoms in total. The molecule has 0 aliphatic carbocycles. The van der Waals surface area contributed by atoms with E-state index < -0.39 is 0 Å². The first-order chi connectivity index (χ1) is 11.4. The van der Waals surface area contributed by atoms with Crippen molar-refractivity contribution in [2.75, 3.05) is 0 Å². The van der Waals surface area contributed by atoms with Crippen LogP contribution in [-0.4, -0.2) is 9.55 Å². The summed E-state index contributed by atoms with van der Waals surface area (Å²) in [5, 5.41) is 0. The number of benzene rings is 3. The van der Waals surface area contributed by atoms with E-state index in [9.17, 15) is 0 Å². The summed E-state index contributed by atoms with van der Waals surface area (Å²) in [6.45, 7) is 0. The van der Waals surface area contributed by atoms with Crippen LogP contribution in [-0.2, 0) is 0 Å². The fourth-order valence-electron chi connectivity index (χ4n) is 2.76. The van der Waals surface area contributed by atoms with Crippen LogP contribution < -0.4 is 0 Å². The first-order valence-corrected chi connectivity index (χ1v) is 7.66. The van der Waals surface area contributed by atoms with Gasteiger partial charge in [0.1, 0.15) is 5.82 Å². The molecule has 0 spiro atoms. The molecule has 0 N–H and O–H groups in total. The fourth-order valence-corrected chi connectivity index (χ4v) is 2.76. The predicted molar refractivity (Wildman–Crippen MR) is 94.4 cm³/mol. The maximum atomic E-state index is 4.51. The smallest absolute Gasteiger partial charge is 0.144 e. The van der Waals surface area contributed by atoms with Crippen molar-refractivity contribution in [1.82, 2.24) is 9.55 Å². The van der Waals surface area contributed by atoms with Gasteiger partial charge in [-0.1, -0.05) is 72.8 Å². The van der Waals surface area contributed by atoms with Crippen LogP contribution in [0.5, 0.6) is 0 Å². The third-order valence-corrected chi connectivity index (χ3v) is 3.93. The summed E-state index contributed by atoms with van der Waals surface area (Å²) in [5.41, 5.74) is 4.68. The Labute approximate surface area is 135 Å². The minimum Gasteiger partial charge on any atom is -0.300 e. The van der Waals surface area contributed by atoms with Gasteiger partial charge in [-0.25, -0.2) is 4.98 Å². The van der Waals surface area contributed by atoms with Gasteiger partial charge in [0.2, 0.25) is 0 Å². The molecule has 0 aliphatic heterocycles. The largest absolute Gasteiger partial charge is 0.300 e. The molecule has 23 heavy (non-hydrogen) atoms. The average molecular weight is 296 g/mol. The summed E-state index contributed by atoms with van der Waals surface area (Å²) < 4.78 is 2.12. The molecular weight excluding hydrogens is 280 g/mol. The van der Waals surface area contributed by atoms with E-state index in [1.165, 1.54) is 11.1 Å². The number of nitrogens with zero attached hydrogens (tertiary/aromatic N) is 2. The van der Waals surface area contributed by atoms with Crippen molar-refractivity contribution >= 4 is 0 Å². The van der Waals surface area contributed by atoms with E-state index in [2.05, 4.69) is 70.2 Å². The third-order valence-electron chi connectivity index (χ3n) is 3.93. The summed E-state index contributed by atoms with van der Waals surface area (Å²) in [7, 11) is 0. The van der Waals surface area contributed by atoms with E-state index in [0.717, 1.165) is 17.1 Å². The lowest BCUT2D eigenvalue weighted by molar-refractivity contribution is 1.07. The lowest BCUT2D eigenvalue weighted by Crippen LogP contribution is -1.96. The van der Waals surface area contributed by atoms with Crippen LogP contribution in [0.15, 0.2) is 97.3 Å². The van der Waals surface area contributed by atoms with Crippen LogP contribution in [0.4, 0.5) is 0 Å². The first-order valence-electron chi connectivity index (χ1n) is 7.66. The molecular formula is C21H16N2. The molecule has 0 fully saturated rings. The highest BCUT2D eigenvalue weighted by atomic mass is 15.1. The monoisotopic (exact) mass is 296 g/mol. The average Bonchev–Trinajstić information content (AvgIpc) is 3.13. The van der Waals surface area contributed by atoms with E-state index in [4.69, 9.17) is 0 Å². The third kappa shape index (κ3) is 2.67. The standard InChI is InChI=1S/C21H16N2/c1-3-7-17(8-4-1)18-11-13-20(14-12-18)23-16-15-22-21(23)19-9-5-2-6-10-19/h1-16H. The Kier molecular flexibility index (Phi) is 3.49. The van der Waals surface area contributed by atoms with Gasteiger partial charge < -0.3 is 0 Å². The van der Waals surface area contributed by atoms with E-state index in [0.29, 0.717) is 0 Å². The quantitative estimate of drug-likeness (QED) is 0.507. The SMILES string of the molecule is c1ccc(-c2ccc(-n3ccnc3-c3ccccc3)cc2)cc1. The van der Waals surface area contributed by atoms with Gasteiger partial charge in [-0.15, -0.1) is 0 Å². The maximum Gasteiger partial charge on any atom is 0.144 e. The molecule has 0 saturated carbocycles. The molecule has 2 heteroatoms. The second kappa shape index (κ2) is 5.93. The lowest BCUT2D eigenvalue weighted by Gasteiger charge is -2.09. The minimum atomic E-state index is 0.957. The maximum absolute atomic E-state index is 4.51. The number of imidazole rings is 1. The van der Waals surface area contributed by atoms with Gasteiger partial charge in [0.15, 0.2) is 0 Å². The van der Waals surface area contributed by atoms with Crippen molar-refractivity contribution in [3.63, 3.8) is 0 Å². The lowest BCUT2D eigenvalue weighted by atomic mass is 10.1. The molecule has 0 radical (unpaired) electrons. The van der Waals surface area contributed by atoms with E-state index >= 15 is 0 Å². The highest BCUT2D eigenvalue weighted by molar-refractivity contribution is 5.65. The highest BCUT2D eigenvalue weighted by Crippen LogP contribution is 2.24. The second-order valence-corrected chi connectivity index (χ2v) is 5.40. The van der Waals surface area contributed by atoms with E-state index in [1.54, 1.807) is 0 Å². The Morgan fingerprint density at radius 2 is 1.13 bits per heavy atom. The molecule has 0 saturated heterocycles. The Hall–Kier alpha value is -3.13. The van der Waals surface area contributed by atoms with Crippen molar-refractivity contribution in [2.45, 2.75) is 0 Å². The molecule has 0 unspecified atom stereocenters. The molecule has 0 atom stereocenters. The summed E-state index contributed by atoms with van der Waals surface area (Å²) in [6, 6.07) is 29.2. The molecule has 0 aliphatic rings. The van der Waals surface area contributed by atoms with E-state index in [1.807, 2.05) is 36.7 Å². The van der Waals surface area contributed by atoms with Crippen molar-refractivity contribution < 1.29 is 0 Å². The topological polar surface area (TPSA) is 17.8 Å². The van der Waals surface area contributed by atoms with Crippen LogP contribution in [0, 0.1) is 0 Å². The Morgan fingerprint density at radius 3 is 1.78 bits per heavy atom. The van der Waals surface area contributed by atoms with Crippen molar-refractivity contribution in [1.29, 1.82) is 0 Å². The second-order valence-electron chi connectivity index (χ2n) is 5.40. The molecule has 4 aromatic rings. The molecule has 0 bridgehead atoms. The molecule has 1 aromatic heterocycles. The van der Waals surface area contributed by atoms with Crippen LogP contribution in [0.1, 0.15) is 0 Å². The van der Waals surface area contributed by atoms with Crippen molar-refractivity contribution in [2.24, 2.45) is 0 Å². The number of hydrogen-bond donors (Lipinski definition) is 0. The van der Waals surface area contributed by atoms with Crippen LogP contribution in [0.3, 0.4) is 0 Å². The van der Waals surface area contributed by atoms with Gasteiger partial charge in [-0.05, 0) is 23.3 Å². The zero-order chi connectivity index (χ0) is 15.5.